The van der Waals surface area contributed by atoms with E-state index in [0.29, 0.717) is 79.5 Å². The molecule has 0 aliphatic carbocycles. The van der Waals surface area contributed by atoms with Crippen molar-refractivity contribution >= 4 is 135 Å². The Kier molecular flexibility index (Phi) is 17.9. The molecule has 0 unspecified atom stereocenters. The molecule has 0 saturated heterocycles. The van der Waals surface area contributed by atoms with Gasteiger partial charge >= 0.3 is 12.1 Å². The van der Waals surface area contributed by atoms with Gasteiger partial charge in [0.1, 0.15) is 34.7 Å². The first-order valence-electron chi connectivity index (χ1n) is 28.2. The molecule has 0 saturated carbocycles. The Labute approximate surface area is 525 Å². The number of anilines is 3. The van der Waals surface area contributed by atoms with E-state index in [1.165, 1.54) is 20.9 Å². The molecule has 0 bridgehead atoms. The number of thiophene rings is 3. The second kappa shape index (κ2) is 26.4. The van der Waals surface area contributed by atoms with E-state index in [2.05, 4.69) is 144 Å². The van der Waals surface area contributed by atoms with Crippen LogP contribution in [0.15, 0.2) is 147 Å². The second-order valence-corrected chi connectivity index (χ2v) is 24.2. The van der Waals surface area contributed by atoms with Gasteiger partial charge < -0.3 is 52.2 Å². The third kappa shape index (κ3) is 14.0. The number of nitrogens with zero attached hydrogens (tertiary/aromatic N) is 11. The number of amides is 2. The zero-order chi connectivity index (χ0) is 63.2. The number of nitrogen functional groups attached to an aromatic ring is 3. The molecule has 11 N–H and O–H groups in total. The van der Waals surface area contributed by atoms with Crippen LogP contribution < -0.4 is 33.6 Å². The van der Waals surface area contributed by atoms with Crippen molar-refractivity contribution in [3.05, 3.63) is 161 Å². The third-order valence-electron chi connectivity index (χ3n) is 13.7. The number of carbonyl (C=O) groups is 3. The third-order valence-corrected chi connectivity index (χ3v) is 16.5. The van der Waals surface area contributed by atoms with E-state index in [9.17, 15) is 14.4 Å². The number of aryl methyl sites for hydroxylation is 2. The molecule has 3 aromatic carbocycles. The average molecular weight is 1260 g/mol. The Morgan fingerprint density at radius 2 is 0.933 bits per heavy atom. The Morgan fingerprint density at radius 3 is 1.27 bits per heavy atom. The van der Waals surface area contributed by atoms with Crippen molar-refractivity contribution in [1.29, 1.82) is 0 Å². The number of carboxylic acid groups (broad SMARTS) is 1. The number of hydrogen-bond donors (Lipinski definition) is 7. The summed E-state index contributed by atoms with van der Waals surface area (Å²) in [6.45, 7) is 11.8. The molecule has 2 amide bonds. The number of carboxylic acids is 1. The van der Waals surface area contributed by atoms with Crippen LogP contribution in [0, 0.1) is 13.8 Å². The van der Waals surface area contributed by atoms with Crippen LogP contribution in [0.2, 0.25) is 0 Å². The maximum atomic E-state index is 12.1. The number of hydrogen-bond acceptors (Lipinski definition) is 21. The van der Waals surface area contributed by atoms with Crippen molar-refractivity contribution in [2.75, 3.05) is 36.8 Å². The Bertz CT molecular complexity index is 4870. The summed E-state index contributed by atoms with van der Waals surface area (Å²) in [6.07, 6.45) is 7.88. The largest absolute Gasteiger partial charge is 0.476 e. The van der Waals surface area contributed by atoms with Crippen LogP contribution in [0.5, 0.6) is 0 Å². The normalized spacial score (nSPS) is 11.4. The van der Waals surface area contributed by atoms with Gasteiger partial charge in [-0.1, -0.05) is 54.6 Å². The molecule has 0 radical (unpaired) electrons. The van der Waals surface area contributed by atoms with Crippen molar-refractivity contribution in [3.8, 4) is 31.3 Å². The number of alkyl carbamates (subject to hydrolysis) is 1. The van der Waals surface area contributed by atoms with Gasteiger partial charge in [-0.3, -0.25) is 18.8 Å². The van der Waals surface area contributed by atoms with Crippen molar-refractivity contribution in [2.45, 2.75) is 59.9 Å². The molecule has 27 heteroatoms. The number of oxazole rings is 2. The topological polar surface area (TPSA) is 353 Å². The molecule has 14 rings (SSSR count). The van der Waals surface area contributed by atoms with Gasteiger partial charge in [0.25, 0.3) is 5.91 Å². The lowest BCUT2D eigenvalue weighted by Crippen LogP contribution is -2.34. The van der Waals surface area contributed by atoms with Crippen molar-refractivity contribution in [1.82, 2.24) is 64.9 Å². The molecule has 11 heterocycles. The van der Waals surface area contributed by atoms with Crippen LogP contribution >= 0.6 is 34.0 Å². The quantitative estimate of drug-likeness (QED) is 0.0564. The molecular weight excluding hydrogens is 1200 g/mol. The van der Waals surface area contributed by atoms with Gasteiger partial charge in [0, 0.05) is 99.0 Å². The molecule has 0 spiro atoms. The zero-order valence-electron chi connectivity index (χ0n) is 49.4. The SMILES string of the molecule is CC(C)(C)OC(=O)NCCn1cc2c(n1)c(N)nc1cc(-c3cccs3)ccc12.Cc1nc(C(=O)NCCn2cc3c(n2)c(N)nc2cc(-c4cccs4)ccc23)co1.Cc1nc(C(=O)O)co1.NCCn1cc2c(n1)c(N)nc1cc(-c3cccs3)ccc12. The highest BCUT2D eigenvalue weighted by molar-refractivity contribution is 7.14. The van der Waals surface area contributed by atoms with Gasteiger partial charge in [-0.05, 0) is 90.0 Å². The van der Waals surface area contributed by atoms with Crippen LogP contribution in [-0.2, 0) is 24.4 Å². The minimum Gasteiger partial charge on any atom is -0.476 e. The molecule has 90 heavy (non-hydrogen) atoms. The van der Waals surface area contributed by atoms with Gasteiger partial charge in [-0.25, -0.2) is 34.5 Å². The van der Waals surface area contributed by atoms with Crippen LogP contribution in [0.4, 0.5) is 22.2 Å². The van der Waals surface area contributed by atoms with Crippen LogP contribution in [0.25, 0.3) is 96.7 Å². The van der Waals surface area contributed by atoms with E-state index in [4.69, 9.17) is 37.2 Å². The summed E-state index contributed by atoms with van der Waals surface area (Å²) >= 11 is 5.09. The van der Waals surface area contributed by atoms with E-state index < -0.39 is 17.7 Å². The maximum absolute atomic E-state index is 12.1. The van der Waals surface area contributed by atoms with Gasteiger partial charge in [-0.2, -0.15) is 15.3 Å². The molecule has 458 valence electrons. The molecular formula is C63H61N17O7S3. The first-order chi connectivity index (χ1) is 43.3. The summed E-state index contributed by atoms with van der Waals surface area (Å²) in [7, 11) is 0. The number of aromatic carboxylic acids is 1. The summed E-state index contributed by atoms with van der Waals surface area (Å²) < 4.78 is 20.3. The summed E-state index contributed by atoms with van der Waals surface area (Å²) in [5.74, 6) is 0.726. The molecule has 24 nitrogen and oxygen atoms in total. The molecule has 11 aromatic heterocycles. The Morgan fingerprint density at radius 1 is 0.544 bits per heavy atom. The second-order valence-electron chi connectivity index (χ2n) is 21.4. The number of fused-ring (bicyclic) bond motifs is 9. The first kappa shape index (κ1) is 61.1. The summed E-state index contributed by atoms with van der Waals surface area (Å²) in [5.41, 5.74) is 31.8. The van der Waals surface area contributed by atoms with Crippen LogP contribution in [0.1, 0.15) is 53.5 Å². The number of nitrogens with two attached hydrogens (primary N) is 4. The van der Waals surface area contributed by atoms with E-state index in [-0.39, 0.29) is 17.3 Å². The van der Waals surface area contributed by atoms with Crippen LogP contribution in [0.3, 0.4) is 0 Å². The fourth-order valence-corrected chi connectivity index (χ4v) is 11.9. The fourth-order valence-electron chi connectivity index (χ4n) is 9.68. The number of pyridine rings is 3. The van der Waals surface area contributed by atoms with E-state index in [1.54, 1.807) is 57.2 Å². The van der Waals surface area contributed by atoms with Crippen molar-refractivity contribution in [3.63, 3.8) is 0 Å². The lowest BCUT2D eigenvalue weighted by atomic mass is 10.1. The first-order valence-corrected chi connectivity index (χ1v) is 30.8. The van der Waals surface area contributed by atoms with Crippen LogP contribution in [-0.4, -0.2) is 103 Å². The minimum atomic E-state index is -1.06. The predicted octanol–water partition coefficient (Wildman–Crippen LogP) is 11.6. The van der Waals surface area contributed by atoms with Gasteiger partial charge in [0.05, 0.1) is 36.2 Å². The standard InChI is InChI=1S/C21H18N6O2S.C21H23N5O2S.C16H15N5S.C5H5NO3/c1-12-24-17(11-29-12)21(28)23-6-7-27-10-15-14-5-4-13(18-3-2-8-30-18)9-16(14)25-20(22)19(15)26-27;1-21(2,3)28-20(27)23-8-9-26-12-15-14-7-6-13(17-5-4-10-29-17)11-16(14)24-19(22)18(15)25-26;17-5-6-21-9-12-11-4-3-10(14-2-1-7-22-14)8-13(11)19-16(18)15(12)20-21;1-3-6-4(2-9-3)5(7)8/h2-5,8-11H,6-7H2,1H3,(H2,22,25)(H,23,28);4-7,10-12H,8-9H2,1-3H3,(H2,22,24)(H,23,27);1-4,7-9H,5-6,17H2,(H2,18,19);2H,1H3,(H,7,8). The van der Waals surface area contributed by atoms with Gasteiger partial charge in [-0.15, -0.1) is 34.0 Å². The lowest BCUT2D eigenvalue weighted by Gasteiger charge is -2.19. The molecule has 0 atom stereocenters. The highest BCUT2D eigenvalue weighted by Gasteiger charge is 2.19. The Hall–Kier alpha value is -10.6. The van der Waals surface area contributed by atoms with Gasteiger partial charge in [0.2, 0.25) is 0 Å². The van der Waals surface area contributed by atoms with Crippen molar-refractivity contribution in [2.24, 2.45) is 5.73 Å². The number of rotatable bonds is 13. The lowest BCUT2D eigenvalue weighted by molar-refractivity contribution is 0.0524. The molecule has 0 fully saturated rings. The average Bonchev–Trinajstić information content (AvgIpc) is 1.54. The molecule has 14 aromatic rings. The van der Waals surface area contributed by atoms with Crippen molar-refractivity contribution < 1.29 is 33.1 Å². The number of carbonyl (C=O) groups excluding carboxylic acids is 2. The smallest absolute Gasteiger partial charge is 0.407 e. The van der Waals surface area contributed by atoms with E-state index in [0.717, 1.165) is 77.3 Å². The van der Waals surface area contributed by atoms with Gasteiger partial charge in [0.15, 0.2) is 40.6 Å². The maximum Gasteiger partial charge on any atom is 0.407 e. The minimum absolute atomic E-state index is 0.0486. The summed E-state index contributed by atoms with van der Waals surface area (Å²) in [6, 6.07) is 31.1. The number of benzene rings is 3. The zero-order valence-corrected chi connectivity index (χ0v) is 51.8. The summed E-state index contributed by atoms with van der Waals surface area (Å²) in [4.78, 5) is 58.8. The number of ether oxygens (including phenoxy) is 1. The fraction of sp³-hybridized carbons (Fsp3) is 0.190. The number of aromatic nitrogens is 11. The number of nitrogens with one attached hydrogen (secondary N) is 2. The summed E-state index contributed by atoms with van der Waals surface area (Å²) in [5, 5.41) is 39.5. The molecule has 0 aliphatic rings. The Balaban J connectivity index is 0.000000131. The van der Waals surface area contributed by atoms with E-state index >= 15 is 0 Å². The molecule has 0 aliphatic heterocycles. The van der Waals surface area contributed by atoms with E-state index in [1.807, 2.05) is 62.2 Å². The predicted molar refractivity (Wildman–Crippen MR) is 353 cm³/mol. The highest BCUT2D eigenvalue weighted by Crippen LogP contribution is 2.35. The highest BCUT2D eigenvalue weighted by atomic mass is 32.1. The monoisotopic (exact) mass is 1260 g/mol.